The molecule has 150 valence electrons. The quantitative estimate of drug-likeness (QED) is 0.202. The predicted octanol–water partition coefficient (Wildman–Crippen LogP) is 6.39. The van der Waals surface area contributed by atoms with Crippen LogP contribution in [-0.4, -0.2) is 0 Å². The second-order valence-electron chi connectivity index (χ2n) is 8.78. The lowest BCUT2D eigenvalue weighted by atomic mass is 9.91. The van der Waals surface area contributed by atoms with Gasteiger partial charge in [-0.1, -0.05) is 36.4 Å². The van der Waals surface area contributed by atoms with Crippen LogP contribution in [0.25, 0.3) is 54.1 Å². The molecular formula is C30H22N2+2. The average Bonchev–Trinajstić information content (AvgIpc) is 2.85. The SMILES string of the molecule is Cc1c(C)c2cc[n+]3ccc4ccccc4c3c2c2c1cc[n+]1ccc3ccccc3c21. The third-order valence-electron chi connectivity index (χ3n) is 7.21. The van der Waals surface area contributed by atoms with E-state index in [2.05, 4.69) is 120 Å². The van der Waals surface area contributed by atoms with Gasteiger partial charge in [-0.3, -0.25) is 0 Å². The minimum atomic E-state index is 1.27. The van der Waals surface area contributed by atoms with Crippen molar-refractivity contribution in [3.05, 3.63) is 109 Å². The summed E-state index contributed by atoms with van der Waals surface area (Å²) < 4.78 is 4.57. The van der Waals surface area contributed by atoms with Crippen LogP contribution in [0.5, 0.6) is 0 Å². The highest BCUT2D eigenvalue weighted by atomic mass is 14.9. The minimum absolute atomic E-state index is 1.27. The van der Waals surface area contributed by atoms with Crippen molar-refractivity contribution < 1.29 is 8.80 Å². The standard InChI is InChI=1S/C30H22N2/c1-19-20(2)24-14-18-32-16-12-22-8-4-6-10-26(22)30(32)28(24)27-23(19)13-17-31-15-11-21-7-3-5-9-25(21)29(27)31/h3-18H,1-2H3/q+2. The van der Waals surface area contributed by atoms with Crippen molar-refractivity contribution in [3.63, 3.8) is 0 Å². The van der Waals surface area contributed by atoms with E-state index >= 15 is 0 Å². The number of hydrogen-bond acceptors (Lipinski definition) is 0. The van der Waals surface area contributed by atoms with Gasteiger partial charge in [0.2, 0.25) is 11.0 Å². The van der Waals surface area contributed by atoms with Crippen molar-refractivity contribution in [2.24, 2.45) is 0 Å². The maximum Gasteiger partial charge on any atom is 0.227 e. The number of aromatic nitrogens is 2. The van der Waals surface area contributed by atoms with Crippen LogP contribution in [0.4, 0.5) is 0 Å². The first-order chi connectivity index (χ1) is 15.7. The Bertz CT molecular complexity index is 1760. The smallest absolute Gasteiger partial charge is 0.166 e. The van der Waals surface area contributed by atoms with Crippen molar-refractivity contribution in [1.82, 2.24) is 0 Å². The van der Waals surface area contributed by atoms with E-state index < -0.39 is 0 Å². The molecule has 0 saturated carbocycles. The molecule has 0 aliphatic heterocycles. The predicted molar refractivity (Wildman–Crippen MR) is 132 cm³/mol. The number of nitrogens with zero attached hydrogens (tertiary/aromatic N) is 2. The van der Waals surface area contributed by atoms with E-state index in [1.165, 1.54) is 65.3 Å². The van der Waals surface area contributed by atoms with Crippen LogP contribution >= 0.6 is 0 Å². The lowest BCUT2D eigenvalue weighted by Gasteiger charge is -2.13. The van der Waals surface area contributed by atoms with E-state index in [4.69, 9.17) is 0 Å². The van der Waals surface area contributed by atoms with Crippen LogP contribution < -0.4 is 8.80 Å². The van der Waals surface area contributed by atoms with Crippen LogP contribution in [0.1, 0.15) is 11.1 Å². The maximum absolute atomic E-state index is 2.29. The van der Waals surface area contributed by atoms with Gasteiger partial charge < -0.3 is 0 Å². The first-order valence-electron chi connectivity index (χ1n) is 11.1. The van der Waals surface area contributed by atoms with Crippen molar-refractivity contribution >= 4 is 54.1 Å². The summed E-state index contributed by atoms with van der Waals surface area (Å²) in [5.41, 5.74) is 5.25. The van der Waals surface area contributed by atoms with Crippen molar-refractivity contribution in [3.8, 4) is 0 Å². The number of pyridine rings is 4. The fourth-order valence-electron chi connectivity index (χ4n) is 5.51. The zero-order chi connectivity index (χ0) is 21.4. The molecule has 4 aromatic heterocycles. The van der Waals surface area contributed by atoms with Crippen molar-refractivity contribution in [2.75, 3.05) is 0 Å². The molecule has 0 N–H and O–H groups in total. The first kappa shape index (κ1) is 17.6. The van der Waals surface area contributed by atoms with Gasteiger partial charge in [0.1, 0.15) is 0 Å². The Hall–Kier alpha value is -4.04. The average molecular weight is 411 g/mol. The molecule has 0 amide bonds. The van der Waals surface area contributed by atoms with E-state index in [1.807, 2.05) is 0 Å². The highest BCUT2D eigenvalue weighted by Crippen LogP contribution is 2.38. The fourth-order valence-corrected chi connectivity index (χ4v) is 5.51. The summed E-state index contributed by atoms with van der Waals surface area (Å²) in [5, 5.41) is 10.4. The van der Waals surface area contributed by atoms with E-state index in [1.54, 1.807) is 0 Å². The molecule has 2 nitrogen and oxygen atoms in total. The Kier molecular flexibility index (Phi) is 3.44. The van der Waals surface area contributed by atoms with Gasteiger partial charge in [-0.25, -0.2) is 0 Å². The number of benzene rings is 3. The molecule has 0 radical (unpaired) electrons. The molecule has 32 heavy (non-hydrogen) atoms. The molecule has 0 fully saturated rings. The Labute approximate surface area is 185 Å². The molecule has 7 aromatic rings. The van der Waals surface area contributed by atoms with Crippen LogP contribution in [0, 0.1) is 13.8 Å². The zero-order valence-corrected chi connectivity index (χ0v) is 18.1. The second-order valence-corrected chi connectivity index (χ2v) is 8.78. The zero-order valence-electron chi connectivity index (χ0n) is 18.1. The van der Waals surface area contributed by atoms with E-state index in [9.17, 15) is 0 Å². The number of fused-ring (bicyclic) bond motifs is 11. The van der Waals surface area contributed by atoms with Crippen molar-refractivity contribution in [1.29, 1.82) is 0 Å². The molecule has 0 aliphatic carbocycles. The molecule has 2 heteroatoms. The molecule has 7 rings (SSSR count). The lowest BCUT2D eigenvalue weighted by Crippen LogP contribution is -2.23. The van der Waals surface area contributed by atoms with Crippen LogP contribution in [0.3, 0.4) is 0 Å². The van der Waals surface area contributed by atoms with Crippen LogP contribution in [0.15, 0.2) is 97.6 Å². The van der Waals surface area contributed by atoms with E-state index in [0.29, 0.717) is 0 Å². The summed E-state index contributed by atoms with van der Waals surface area (Å²) in [5.74, 6) is 0. The molecule has 0 bridgehead atoms. The number of hydrogen-bond donors (Lipinski definition) is 0. The summed E-state index contributed by atoms with van der Waals surface area (Å²) in [6.45, 7) is 4.53. The van der Waals surface area contributed by atoms with Gasteiger partial charge in [0.15, 0.2) is 24.8 Å². The topological polar surface area (TPSA) is 8.20 Å². The van der Waals surface area contributed by atoms with Gasteiger partial charge in [0.25, 0.3) is 0 Å². The Morgan fingerprint density at radius 1 is 0.438 bits per heavy atom. The maximum atomic E-state index is 2.29. The molecule has 3 aromatic carbocycles. The Morgan fingerprint density at radius 3 is 1.31 bits per heavy atom. The summed E-state index contributed by atoms with van der Waals surface area (Å²) in [6, 6.07) is 26.4. The van der Waals surface area contributed by atoms with Crippen LogP contribution in [-0.2, 0) is 0 Å². The summed E-state index contributed by atoms with van der Waals surface area (Å²) >= 11 is 0. The highest BCUT2D eigenvalue weighted by molar-refractivity contribution is 6.26. The first-order valence-corrected chi connectivity index (χ1v) is 11.1. The molecule has 0 spiro atoms. The third kappa shape index (κ3) is 2.19. The van der Waals surface area contributed by atoms with Crippen molar-refractivity contribution in [2.45, 2.75) is 13.8 Å². The second kappa shape index (κ2) is 6.24. The summed E-state index contributed by atoms with van der Waals surface area (Å²) in [7, 11) is 0. The minimum Gasteiger partial charge on any atom is -0.166 e. The van der Waals surface area contributed by atoms with Gasteiger partial charge >= 0.3 is 0 Å². The van der Waals surface area contributed by atoms with Gasteiger partial charge in [0, 0.05) is 24.3 Å². The molecule has 4 heterocycles. The normalized spacial score (nSPS) is 12.1. The molecule has 0 atom stereocenters. The molecular weight excluding hydrogens is 388 g/mol. The third-order valence-corrected chi connectivity index (χ3v) is 7.21. The summed E-state index contributed by atoms with van der Waals surface area (Å²) in [4.78, 5) is 0. The molecule has 0 aliphatic rings. The monoisotopic (exact) mass is 410 g/mol. The Morgan fingerprint density at radius 2 is 0.844 bits per heavy atom. The van der Waals surface area contributed by atoms with E-state index in [-0.39, 0.29) is 0 Å². The van der Waals surface area contributed by atoms with Gasteiger partial charge in [0.05, 0.1) is 21.5 Å². The van der Waals surface area contributed by atoms with Gasteiger partial charge in [-0.05, 0) is 58.7 Å². The van der Waals surface area contributed by atoms with Gasteiger partial charge in [-0.15, -0.1) is 0 Å². The summed E-state index contributed by atoms with van der Waals surface area (Å²) in [6.07, 6.45) is 8.79. The lowest BCUT2D eigenvalue weighted by molar-refractivity contribution is -0.510. The fraction of sp³-hybridized carbons (Fsp3) is 0.0667. The molecule has 0 unspecified atom stereocenters. The number of rotatable bonds is 0. The number of aryl methyl sites for hydroxylation is 2. The largest absolute Gasteiger partial charge is 0.227 e. The van der Waals surface area contributed by atoms with Crippen LogP contribution in [0.2, 0.25) is 0 Å². The highest BCUT2D eigenvalue weighted by Gasteiger charge is 2.23. The Balaban J connectivity index is 1.93. The van der Waals surface area contributed by atoms with Gasteiger partial charge in [-0.2, -0.15) is 8.80 Å². The van der Waals surface area contributed by atoms with E-state index in [0.717, 1.165) is 0 Å². The molecule has 0 saturated heterocycles.